The Labute approximate surface area is 475 Å². The fraction of sp³-hybridized carbons (Fsp3) is 0.593. The lowest BCUT2D eigenvalue weighted by molar-refractivity contribution is 0.0898. The predicted octanol–water partition coefficient (Wildman–Crippen LogP) is 8.89. The molecule has 2 fully saturated rings. The predicted molar refractivity (Wildman–Crippen MR) is 316 cm³/mol. The number of nitrogens with one attached hydrogen (secondary N) is 1. The van der Waals surface area contributed by atoms with Gasteiger partial charge in [-0.1, -0.05) is 39.3 Å². The van der Waals surface area contributed by atoms with E-state index in [4.69, 9.17) is 9.47 Å². The van der Waals surface area contributed by atoms with Gasteiger partial charge in [-0.05, 0) is 78.0 Å². The number of alkyl halides is 2. The molecule has 2 saturated heterocycles. The number of ether oxygens (including phenoxy) is 2. The summed E-state index contributed by atoms with van der Waals surface area (Å²) in [5.74, 6) is 0.397. The first-order valence-corrected chi connectivity index (χ1v) is 39.3. The largest absolute Gasteiger partial charge is 0.361 e. The third-order valence-corrected chi connectivity index (χ3v) is 22.0. The highest BCUT2D eigenvalue weighted by Gasteiger charge is 2.35. The van der Waals surface area contributed by atoms with E-state index in [0.29, 0.717) is 78.4 Å². The molecule has 0 aliphatic carbocycles. The van der Waals surface area contributed by atoms with E-state index in [9.17, 15) is 25.6 Å². The molecule has 25 heteroatoms. The van der Waals surface area contributed by atoms with E-state index in [0.717, 1.165) is 98.2 Å². The maximum atomic E-state index is 14.4. The molecule has 6 aromatic rings. The van der Waals surface area contributed by atoms with Crippen LogP contribution in [-0.2, 0) is 68.9 Å². The molecule has 2 atom stereocenters. The molecule has 0 spiro atoms. The van der Waals surface area contributed by atoms with Crippen molar-refractivity contribution < 1.29 is 35.1 Å². The third kappa shape index (κ3) is 15.9. The summed E-state index contributed by atoms with van der Waals surface area (Å²) in [7, 11) is -8.48. The molecule has 6 aromatic heterocycles. The Balaban J connectivity index is 0.000000173. The normalized spacial score (nSPS) is 19.2. The van der Waals surface area contributed by atoms with Crippen LogP contribution in [0, 0.1) is 0 Å². The molecule has 0 saturated carbocycles. The van der Waals surface area contributed by atoms with Gasteiger partial charge < -0.3 is 28.8 Å². The highest BCUT2D eigenvalue weighted by atomic mass is 79.9. The minimum absolute atomic E-state index is 0.148. The molecule has 432 valence electrons. The van der Waals surface area contributed by atoms with Crippen molar-refractivity contribution in [1.29, 1.82) is 0 Å². The summed E-state index contributed by atoms with van der Waals surface area (Å²) in [6.07, 6.45) is 17.3. The average Bonchev–Trinajstić information content (AvgIpc) is 4.07. The van der Waals surface area contributed by atoms with E-state index in [1.54, 1.807) is 18.9 Å². The molecule has 10 rings (SSSR count). The molecule has 0 radical (unpaired) electrons. The van der Waals surface area contributed by atoms with Crippen molar-refractivity contribution in [3.8, 4) is 0 Å². The standard InChI is InChI=1S/C27H39FN6O3SSi.C14H21FN4O2S.C13H19BrN2OSi/c1-38(35,36)33-11-6-20(7-12-33)26-23-17-34(21(16-28)15-24(23)30-18-31-26)25-5-9-29-27-22(25)8-10-32(27)19-37-13-14-39(2,3)4;1-22(20,21)19-4-2-10(3-5-19)14-12-8-16-11(7-15)6-13(12)17-9-18-14;1-18(2,3)9-8-17-10-16-7-5-11-12(14)4-6-15-13(11)16/h5,8-10,18,20-21H,6-7,11-17,19H2,1-4H3;9-11,16H,2-8H2,1H3;4-7H,8-10H2,1-3H3. The number of anilines is 1. The van der Waals surface area contributed by atoms with Gasteiger partial charge in [-0.15, -0.1) is 0 Å². The quantitative estimate of drug-likeness (QED) is 0.0672. The van der Waals surface area contributed by atoms with Crippen LogP contribution in [0.4, 0.5) is 14.5 Å². The second kappa shape index (κ2) is 26.4. The van der Waals surface area contributed by atoms with Crippen LogP contribution in [0.1, 0.15) is 71.4 Å². The lowest BCUT2D eigenvalue weighted by Gasteiger charge is -2.39. The Kier molecular flexibility index (Phi) is 20.3. The van der Waals surface area contributed by atoms with Crippen molar-refractivity contribution in [2.24, 2.45) is 0 Å². The number of pyridine rings is 2. The summed E-state index contributed by atoms with van der Waals surface area (Å²) in [5.41, 5.74) is 8.64. The van der Waals surface area contributed by atoms with Gasteiger partial charge in [0.1, 0.15) is 50.8 Å². The number of nitrogens with zero attached hydrogens (tertiary/aromatic N) is 11. The van der Waals surface area contributed by atoms with Crippen LogP contribution < -0.4 is 10.2 Å². The highest BCUT2D eigenvalue weighted by molar-refractivity contribution is 9.10. The summed E-state index contributed by atoms with van der Waals surface area (Å²) >= 11 is 3.53. The Morgan fingerprint density at radius 1 is 0.646 bits per heavy atom. The molecule has 79 heavy (non-hydrogen) atoms. The number of fused-ring (bicyclic) bond motifs is 4. The summed E-state index contributed by atoms with van der Waals surface area (Å²) in [6, 6.07) is 9.81. The zero-order chi connectivity index (χ0) is 56.7. The summed E-state index contributed by atoms with van der Waals surface area (Å²) < 4.78 is 94.3. The number of aromatic nitrogens is 8. The van der Waals surface area contributed by atoms with Gasteiger partial charge in [-0.2, -0.15) is 0 Å². The number of hydrogen-bond donors (Lipinski definition) is 1. The van der Waals surface area contributed by atoms with Gasteiger partial charge in [0.2, 0.25) is 20.0 Å². The van der Waals surface area contributed by atoms with Crippen molar-refractivity contribution in [2.45, 2.75) is 140 Å². The third-order valence-electron chi connectivity index (χ3n) is 15.3. The van der Waals surface area contributed by atoms with E-state index < -0.39 is 49.5 Å². The molecule has 18 nitrogen and oxygen atoms in total. The molecular weight excluding hydrogens is 1150 g/mol. The molecule has 0 aromatic carbocycles. The molecule has 0 bridgehead atoms. The van der Waals surface area contributed by atoms with Crippen LogP contribution in [0.5, 0.6) is 0 Å². The second-order valence-electron chi connectivity index (χ2n) is 23.7. The van der Waals surface area contributed by atoms with Gasteiger partial charge in [0.05, 0.1) is 41.3 Å². The van der Waals surface area contributed by atoms with Gasteiger partial charge in [0.25, 0.3) is 0 Å². The molecule has 10 heterocycles. The Morgan fingerprint density at radius 2 is 1.14 bits per heavy atom. The SMILES string of the molecule is CS(=O)(=O)N1CCC(c2ncnc3c2CNC(CF)C3)CC1.C[Si](C)(C)CCOCn1ccc2c(Br)ccnc21.C[Si](C)(C)CCOCn1ccc2c(N3Cc4c(ncnc4C4CCN(S(C)(=O)=O)CC4)CC3CF)ccnc21. The van der Waals surface area contributed by atoms with Crippen molar-refractivity contribution in [1.82, 2.24) is 53.0 Å². The topological polar surface area (TPSA) is 196 Å². The van der Waals surface area contributed by atoms with E-state index in [2.05, 4.69) is 101 Å². The first kappa shape index (κ1) is 60.9. The first-order valence-electron chi connectivity index (χ1n) is 27.4. The Hall–Kier alpha value is -4.19. The van der Waals surface area contributed by atoms with E-state index in [-0.39, 0.29) is 23.9 Å². The van der Waals surface area contributed by atoms with Gasteiger partial charge in [0.15, 0.2) is 0 Å². The fourth-order valence-electron chi connectivity index (χ4n) is 10.7. The molecule has 4 aliphatic heterocycles. The molecule has 0 amide bonds. The summed E-state index contributed by atoms with van der Waals surface area (Å²) in [4.78, 5) is 29.1. The van der Waals surface area contributed by atoms with E-state index in [1.807, 2.05) is 45.9 Å². The molecular formula is C54H79BrF2N12O6S2Si2. The van der Waals surface area contributed by atoms with Crippen LogP contribution in [-0.4, -0.2) is 158 Å². The number of sulfonamides is 2. The average molecular weight is 1230 g/mol. The Morgan fingerprint density at radius 3 is 1.65 bits per heavy atom. The van der Waals surface area contributed by atoms with E-state index >= 15 is 0 Å². The smallest absolute Gasteiger partial charge is 0.211 e. The van der Waals surface area contributed by atoms with Crippen molar-refractivity contribution in [3.05, 3.63) is 100 Å². The maximum absolute atomic E-state index is 14.4. The molecule has 1 N–H and O–H groups in total. The zero-order valence-electron chi connectivity index (χ0n) is 47.0. The minimum Gasteiger partial charge on any atom is -0.361 e. The van der Waals surface area contributed by atoms with Crippen molar-refractivity contribution in [3.63, 3.8) is 0 Å². The number of rotatable bonds is 17. The minimum atomic E-state index is -3.20. The molecule has 2 unspecified atom stereocenters. The first-order chi connectivity index (χ1) is 37.5. The summed E-state index contributed by atoms with van der Waals surface area (Å²) in [6.45, 7) is 18.9. The molecule has 4 aliphatic rings. The van der Waals surface area contributed by atoms with Crippen LogP contribution >= 0.6 is 15.9 Å². The van der Waals surface area contributed by atoms with Crippen LogP contribution in [0.25, 0.3) is 22.1 Å². The van der Waals surface area contributed by atoms with Crippen molar-refractivity contribution >= 4 is 79.9 Å². The monoisotopic (exact) mass is 1230 g/mol. The summed E-state index contributed by atoms with van der Waals surface area (Å²) in [5, 5.41) is 5.27. The van der Waals surface area contributed by atoms with Crippen LogP contribution in [0.3, 0.4) is 0 Å². The Bertz CT molecular complexity index is 3240. The fourth-order valence-corrected chi connectivity index (χ4v) is 14.3. The number of hydrogen-bond acceptors (Lipinski definition) is 14. The van der Waals surface area contributed by atoms with Crippen LogP contribution in [0.15, 0.2) is 66.2 Å². The van der Waals surface area contributed by atoms with Gasteiger partial charge in [-0.3, -0.25) is 0 Å². The maximum Gasteiger partial charge on any atom is 0.211 e. The van der Waals surface area contributed by atoms with Gasteiger partial charge >= 0.3 is 0 Å². The number of halogens is 3. The van der Waals surface area contributed by atoms with Gasteiger partial charge in [-0.25, -0.2) is 64.1 Å². The zero-order valence-corrected chi connectivity index (χ0v) is 52.3. The lowest BCUT2D eigenvalue weighted by Crippen LogP contribution is -2.43. The van der Waals surface area contributed by atoms with Crippen molar-refractivity contribution in [2.75, 3.05) is 70.2 Å². The lowest BCUT2D eigenvalue weighted by atomic mass is 9.87. The highest BCUT2D eigenvalue weighted by Crippen LogP contribution is 2.38. The van der Waals surface area contributed by atoms with Gasteiger partial charge in [0, 0.05) is 156 Å². The van der Waals surface area contributed by atoms with E-state index in [1.165, 1.54) is 27.2 Å². The second-order valence-corrected chi connectivity index (χ2v) is 39.7. The van der Waals surface area contributed by atoms with Crippen LogP contribution in [0.2, 0.25) is 51.4 Å². The number of piperidine rings is 2.